The lowest BCUT2D eigenvalue weighted by Gasteiger charge is -2.12. The molecule has 2 aromatic heterocycles. The Morgan fingerprint density at radius 3 is 2.91 bits per heavy atom. The van der Waals surface area contributed by atoms with Crippen LogP contribution in [-0.4, -0.2) is 29.1 Å². The summed E-state index contributed by atoms with van der Waals surface area (Å²) in [4.78, 5) is 19.7. The lowest BCUT2D eigenvalue weighted by Crippen LogP contribution is -2.21. The molecule has 7 heteroatoms. The molecule has 23 heavy (non-hydrogen) atoms. The van der Waals surface area contributed by atoms with Crippen molar-refractivity contribution in [2.75, 3.05) is 18.0 Å². The summed E-state index contributed by atoms with van der Waals surface area (Å²) >= 11 is 3.14. The molecule has 0 aromatic carbocycles. The molecule has 2 N–H and O–H groups in total. The van der Waals surface area contributed by atoms with Crippen molar-refractivity contribution in [2.45, 2.75) is 26.0 Å². The molecule has 3 heterocycles. The molecule has 0 bridgehead atoms. The van der Waals surface area contributed by atoms with Crippen LogP contribution in [0.15, 0.2) is 22.9 Å². The minimum atomic E-state index is -0.139. The fraction of sp³-hybridized carbons (Fsp3) is 0.375. The number of carbonyl (C=O) groups excluding carboxylic acids is 1. The van der Waals surface area contributed by atoms with Crippen LogP contribution in [0.1, 0.15) is 29.0 Å². The first-order valence-corrected chi connectivity index (χ1v) is 9.34. The van der Waals surface area contributed by atoms with E-state index >= 15 is 0 Å². The summed E-state index contributed by atoms with van der Waals surface area (Å²) < 4.78 is 0. The first kappa shape index (κ1) is 16.2. The molecule has 1 aliphatic heterocycles. The molecule has 1 saturated heterocycles. The molecule has 0 radical (unpaired) electrons. The Kier molecular flexibility index (Phi) is 5.43. The van der Waals surface area contributed by atoms with E-state index < -0.39 is 0 Å². The number of anilines is 1. The van der Waals surface area contributed by atoms with Gasteiger partial charge in [-0.15, -0.1) is 22.7 Å². The summed E-state index contributed by atoms with van der Waals surface area (Å²) in [6, 6.07) is 1.87. The van der Waals surface area contributed by atoms with Gasteiger partial charge in [-0.25, -0.2) is 4.98 Å². The Morgan fingerprint density at radius 2 is 2.17 bits per heavy atom. The SMILES string of the molecule is O=C(C=Cc1cc(CO)cs1)NCc1csc(N2CCCC2)n1. The molecule has 1 amide bonds. The molecular weight excluding hydrogens is 330 g/mol. The molecule has 1 fully saturated rings. The number of aromatic nitrogens is 1. The van der Waals surface area contributed by atoms with Gasteiger partial charge in [0.1, 0.15) is 0 Å². The molecule has 2 aromatic rings. The Bertz CT molecular complexity index is 687. The molecule has 0 atom stereocenters. The average molecular weight is 349 g/mol. The number of amides is 1. The number of thiophene rings is 1. The smallest absolute Gasteiger partial charge is 0.244 e. The zero-order valence-electron chi connectivity index (χ0n) is 12.7. The van der Waals surface area contributed by atoms with Crippen LogP contribution in [0.2, 0.25) is 0 Å². The second-order valence-electron chi connectivity index (χ2n) is 5.38. The van der Waals surface area contributed by atoms with Crippen molar-refractivity contribution in [3.63, 3.8) is 0 Å². The number of nitrogens with zero attached hydrogens (tertiary/aromatic N) is 2. The second kappa shape index (κ2) is 7.72. The standard InChI is InChI=1S/C16H19N3O2S2/c20-9-12-7-14(22-10-12)3-4-15(21)17-8-13-11-23-16(18-13)19-5-1-2-6-19/h3-4,7,10-11,20H,1-2,5-6,8-9H2,(H,17,21). The molecule has 122 valence electrons. The van der Waals surface area contributed by atoms with Gasteiger partial charge in [-0.05, 0) is 35.9 Å². The normalized spacial score (nSPS) is 14.7. The van der Waals surface area contributed by atoms with Crippen molar-refractivity contribution in [1.82, 2.24) is 10.3 Å². The summed E-state index contributed by atoms with van der Waals surface area (Å²) in [5.74, 6) is -0.139. The third-order valence-electron chi connectivity index (χ3n) is 3.62. The summed E-state index contributed by atoms with van der Waals surface area (Å²) in [5.41, 5.74) is 1.77. The number of carbonyl (C=O) groups is 1. The van der Waals surface area contributed by atoms with Gasteiger partial charge in [0.2, 0.25) is 5.91 Å². The van der Waals surface area contributed by atoms with Crippen LogP contribution >= 0.6 is 22.7 Å². The maximum absolute atomic E-state index is 11.9. The number of aliphatic hydroxyl groups excluding tert-OH is 1. The van der Waals surface area contributed by atoms with E-state index in [4.69, 9.17) is 5.11 Å². The number of hydrogen-bond donors (Lipinski definition) is 2. The lowest BCUT2D eigenvalue weighted by atomic mass is 10.3. The van der Waals surface area contributed by atoms with Gasteiger partial charge in [-0.2, -0.15) is 0 Å². The zero-order valence-corrected chi connectivity index (χ0v) is 14.3. The van der Waals surface area contributed by atoms with E-state index in [0.717, 1.165) is 34.4 Å². The first-order valence-electron chi connectivity index (χ1n) is 7.58. The molecule has 0 aliphatic carbocycles. The van der Waals surface area contributed by atoms with E-state index in [2.05, 4.69) is 15.2 Å². The molecule has 0 unspecified atom stereocenters. The van der Waals surface area contributed by atoms with Crippen molar-refractivity contribution >= 4 is 39.8 Å². The Morgan fingerprint density at radius 1 is 1.35 bits per heavy atom. The fourth-order valence-corrected chi connectivity index (χ4v) is 4.07. The Hall–Kier alpha value is -1.70. The zero-order chi connectivity index (χ0) is 16.1. The largest absolute Gasteiger partial charge is 0.392 e. The molecule has 5 nitrogen and oxygen atoms in total. The molecule has 1 aliphatic rings. The lowest BCUT2D eigenvalue weighted by molar-refractivity contribution is -0.116. The maximum atomic E-state index is 11.9. The highest BCUT2D eigenvalue weighted by molar-refractivity contribution is 7.13. The van der Waals surface area contributed by atoms with Crippen LogP contribution < -0.4 is 10.2 Å². The highest BCUT2D eigenvalue weighted by atomic mass is 32.1. The molecule has 0 saturated carbocycles. The van der Waals surface area contributed by atoms with Crippen molar-refractivity contribution < 1.29 is 9.90 Å². The monoisotopic (exact) mass is 349 g/mol. The highest BCUT2D eigenvalue weighted by Crippen LogP contribution is 2.24. The molecular formula is C16H19N3O2S2. The van der Waals surface area contributed by atoms with Crippen LogP contribution in [-0.2, 0) is 17.9 Å². The maximum Gasteiger partial charge on any atom is 0.244 e. The van der Waals surface area contributed by atoms with Gasteiger partial charge >= 0.3 is 0 Å². The summed E-state index contributed by atoms with van der Waals surface area (Å²) in [6.45, 7) is 2.64. The van der Waals surface area contributed by atoms with Gasteiger partial charge in [0.15, 0.2) is 5.13 Å². The number of nitrogens with one attached hydrogen (secondary N) is 1. The first-order chi connectivity index (χ1) is 11.2. The van der Waals surface area contributed by atoms with Crippen molar-refractivity contribution in [2.24, 2.45) is 0 Å². The van der Waals surface area contributed by atoms with E-state index in [1.807, 2.05) is 16.8 Å². The van der Waals surface area contributed by atoms with Gasteiger partial charge in [0.05, 0.1) is 18.8 Å². The van der Waals surface area contributed by atoms with Gasteiger partial charge in [0.25, 0.3) is 0 Å². The molecule has 0 spiro atoms. The van der Waals surface area contributed by atoms with Crippen LogP contribution in [0, 0.1) is 0 Å². The molecule has 3 rings (SSSR count). The van der Waals surface area contributed by atoms with E-state index in [1.165, 1.54) is 30.3 Å². The topological polar surface area (TPSA) is 65.5 Å². The van der Waals surface area contributed by atoms with E-state index in [9.17, 15) is 4.79 Å². The Balaban J connectivity index is 1.48. The minimum Gasteiger partial charge on any atom is -0.392 e. The summed E-state index contributed by atoms with van der Waals surface area (Å²) in [5, 5.41) is 16.8. The van der Waals surface area contributed by atoms with Crippen LogP contribution in [0.5, 0.6) is 0 Å². The predicted octanol–water partition coefficient (Wildman–Crippen LogP) is 2.63. The number of thiazole rings is 1. The number of hydrogen-bond acceptors (Lipinski definition) is 6. The second-order valence-corrected chi connectivity index (χ2v) is 7.16. The predicted molar refractivity (Wildman–Crippen MR) is 94.7 cm³/mol. The summed E-state index contributed by atoms with van der Waals surface area (Å²) in [6.07, 6.45) is 5.74. The van der Waals surface area contributed by atoms with E-state index in [-0.39, 0.29) is 12.5 Å². The summed E-state index contributed by atoms with van der Waals surface area (Å²) in [7, 11) is 0. The van der Waals surface area contributed by atoms with Crippen LogP contribution in [0.25, 0.3) is 6.08 Å². The Labute approximate surface area is 143 Å². The third kappa shape index (κ3) is 4.40. The van der Waals surface area contributed by atoms with Crippen molar-refractivity contribution in [1.29, 1.82) is 0 Å². The number of aliphatic hydroxyl groups is 1. The fourth-order valence-electron chi connectivity index (χ4n) is 2.39. The quantitative estimate of drug-likeness (QED) is 0.787. The van der Waals surface area contributed by atoms with Crippen molar-refractivity contribution in [3.05, 3.63) is 39.0 Å². The van der Waals surface area contributed by atoms with Gasteiger partial charge < -0.3 is 15.3 Å². The van der Waals surface area contributed by atoms with Crippen LogP contribution in [0.3, 0.4) is 0 Å². The van der Waals surface area contributed by atoms with Crippen LogP contribution in [0.4, 0.5) is 5.13 Å². The van der Waals surface area contributed by atoms with Crippen molar-refractivity contribution in [3.8, 4) is 0 Å². The average Bonchev–Trinajstić information content (AvgIpc) is 3.31. The van der Waals surface area contributed by atoms with E-state index in [1.54, 1.807) is 17.4 Å². The van der Waals surface area contributed by atoms with Gasteiger partial charge in [0, 0.05) is 29.4 Å². The third-order valence-corrected chi connectivity index (χ3v) is 5.51. The minimum absolute atomic E-state index is 0.0275. The number of rotatable bonds is 6. The highest BCUT2D eigenvalue weighted by Gasteiger charge is 2.15. The van der Waals surface area contributed by atoms with Gasteiger partial charge in [-0.3, -0.25) is 4.79 Å². The van der Waals surface area contributed by atoms with E-state index in [0.29, 0.717) is 6.54 Å². The van der Waals surface area contributed by atoms with Gasteiger partial charge in [-0.1, -0.05) is 0 Å².